The lowest BCUT2D eigenvalue weighted by atomic mass is 9.76. The second-order valence-corrected chi connectivity index (χ2v) is 8.06. The normalized spacial score (nSPS) is 21.7. The largest absolute Gasteiger partial charge is 0.493 e. The molecule has 0 radical (unpaired) electrons. The Hall–Kier alpha value is -2.00. The highest BCUT2D eigenvalue weighted by Gasteiger charge is 2.41. The topological polar surface area (TPSA) is 81.4 Å². The Bertz CT molecular complexity index is 844. The van der Waals surface area contributed by atoms with Crippen LogP contribution >= 0.6 is 0 Å². The van der Waals surface area contributed by atoms with Crippen LogP contribution in [-0.4, -0.2) is 32.6 Å². The Balaban J connectivity index is 1.59. The zero-order valence-corrected chi connectivity index (χ0v) is 16.5. The summed E-state index contributed by atoms with van der Waals surface area (Å²) in [6, 6.07) is 9.06. The van der Waals surface area contributed by atoms with Crippen molar-refractivity contribution in [3.63, 3.8) is 0 Å². The molecule has 9 heteroatoms. The number of ether oxygens (including phenoxy) is 1. The maximum Gasteiger partial charge on any atom is 0.248 e. The lowest BCUT2D eigenvalue weighted by Crippen LogP contribution is -2.36. The maximum absolute atomic E-state index is 13.9. The van der Waals surface area contributed by atoms with E-state index in [2.05, 4.69) is 9.88 Å². The number of nitrogens with zero attached hydrogens (tertiary/aromatic N) is 1. The van der Waals surface area contributed by atoms with Crippen molar-refractivity contribution >= 4 is 10.9 Å². The van der Waals surface area contributed by atoms with Crippen LogP contribution in [0.15, 0.2) is 34.9 Å². The summed E-state index contributed by atoms with van der Waals surface area (Å²) in [5.41, 5.74) is 1.60. The van der Waals surface area contributed by atoms with E-state index in [9.17, 15) is 17.2 Å². The molecule has 1 aliphatic rings. The zero-order valence-electron chi connectivity index (χ0n) is 15.6. The average molecular weight is 414 g/mol. The molecule has 1 fully saturated rings. The minimum Gasteiger partial charge on any atom is -0.493 e. The van der Waals surface area contributed by atoms with Gasteiger partial charge >= 0.3 is 0 Å². The minimum atomic E-state index is -2.70. The molecule has 1 aromatic heterocycles. The summed E-state index contributed by atoms with van der Waals surface area (Å²) in [5.74, 6) is -1.71. The molecule has 0 unspecified atom stereocenters. The quantitative estimate of drug-likeness (QED) is 0.646. The monoisotopic (exact) mass is 414 g/mol. The van der Waals surface area contributed by atoms with Gasteiger partial charge in [0.25, 0.3) is 0 Å². The molecule has 0 spiro atoms. The average Bonchev–Trinajstić information content (AvgIpc) is 3.08. The standard InChI is InChI=1S/C19H24F2N2O4S/c1-13-10-18(23-27-13)15-2-4-17(5-3-15)26-12-16-11-19(20,21)8-6-14(16)7-9-22-28(24)25/h2-5,10,14,16,28H,6-9,11-12H2,1H3,(H,22,24,25)/t14-,16-/m0/s1. The van der Waals surface area contributed by atoms with Crippen molar-refractivity contribution in [2.75, 3.05) is 13.2 Å². The van der Waals surface area contributed by atoms with Crippen molar-refractivity contribution in [1.82, 2.24) is 9.88 Å². The Morgan fingerprint density at radius 3 is 2.68 bits per heavy atom. The Kier molecular flexibility index (Phi) is 6.66. The number of aryl methyl sites for hydroxylation is 1. The predicted molar refractivity (Wildman–Crippen MR) is 101 cm³/mol. The molecule has 154 valence electrons. The van der Waals surface area contributed by atoms with Crippen molar-refractivity contribution in [2.45, 2.75) is 38.5 Å². The number of rotatable bonds is 8. The van der Waals surface area contributed by atoms with Gasteiger partial charge in [-0.05, 0) is 49.9 Å². The highest BCUT2D eigenvalue weighted by Crippen LogP contribution is 2.41. The molecule has 2 aromatic rings. The number of benzene rings is 1. The van der Waals surface area contributed by atoms with Crippen LogP contribution in [0.4, 0.5) is 8.78 Å². The van der Waals surface area contributed by atoms with Gasteiger partial charge in [0.1, 0.15) is 17.2 Å². The van der Waals surface area contributed by atoms with Crippen LogP contribution in [0.25, 0.3) is 11.3 Å². The van der Waals surface area contributed by atoms with Crippen molar-refractivity contribution in [3.05, 3.63) is 36.1 Å². The molecule has 2 atom stereocenters. The first-order chi connectivity index (χ1) is 13.3. The molecule has 1 aliphatic carbocycles. The van der Waals surface area contributed by atoms with E-state index in [1.807, 2.05) is 25.1 Å². The summed E-state index contributed by atoms with van der Waals surface area (Å²) in [4.78, 5) is 0. The maximum atomic E-state index is 13.9. The molecule has 28 heavy (non-hydrogen) atoms. The molecule has 6 nitrogen and oxygen atoms in total. The van der Waals surface area contributed by atoms with E-state index >= 15 is 0 Å². The van der Waals surface area contributed by atoms with Crippen LogP contribution < -0.4 is 9.46 Å². The molecule has 1 saturated carbocycles. The fraction of sp³-hybridized carbons (Fsp3) is 0.526. The molecule has 0 amide bonds. The van der Waals surface area contributed by atoms with Crippen molar-refractivity contribution in [3.8, 4) is 17.0 Å². The number of nitrogens with one attached hydrogen (secondary N) is 1. The lowest BCUT2D eigenvalue weighted by Gasteiger charge is -2.36. The van der Waals surface area contributed by atoms with Gasteiger partial charge in [-0.1, -0.05) is 5.16 Å². The van der Waals surface area contributed by atoms with Gasteiger partial charge in [-0.15, -0.1) is 0 Å². The summed E-state index contributed by atoms with van der Waals surface area (Å²) in [6.07, 6.45) is 0.488. The molecule has 1 aromatic carbocycles. The van der Waals surface area contributed by atoms with Crippen molar-refractivity contribution < 1.29 is 26.5 Å². The van der Waals surface area contributed by atoms with Gasteiger partial charge in [-0.25, -0.2) is 21.9 Å². The van der Waals surface area contributed by atoms with Crippen molar-refractivity contribution in [2.24, 2.45) is 11.8 Å². The summed E-state index contributed by atoms with van der Waals surface area (Å²) < 4.78 is 62.2. The van der Waals surface area contributed by atoms with Gasteiger partial charge < -0.3 is 9.26 Å². The van der Waals surface area contributed by atoms with Crippen molar-refractivity contribution in [1.29, 1.82) is 0 Å². The van der Waals surface area contributed by atoms with Crippen LogP contribution in [0.5, 0.6) is 5.75 Å². The van der Waals surface area contributed by atoms with E-state index < -0.39 is 16.8 Å². The second kappa shape index (κ2) is 9.00. The van der Waals surface area contributed by atoms with Gasteiger partial charge in [0.2, 0.25) is 16.8 Å². The van der Waals surface area contributed by atoms with Gasteiger partial charge in [0.15, 0.2) is 0 Å². The van der Waals surface area contributed by atoms with Gasteiger partial charge in [0.05, 0.1) is 6.61 Å². The van der Waals surface area contributed by atoms with Gasteiger partial charge in [-0.2, -0.15) is 0 Å². The second-order valence-electron chi connectivity index (χ2n) is 7.23. The zero-order chi connectivity index (χ0) is 20.1. The van der Waals surface area contributed by atoms with E-state index in [4.69, 9.17) is 9.26 Å². The molecule has 1 heterocycles. The fourth-order valence-corrected chi connectivity index (χ4v) is 3.94. The first-order valence-corrected chi connectivity index (χ1v) is 10.4. The number of hydrogen-bond donors (Lipinski definition) is 2. The summed E-state index contributed by atoms with van der Waals surface area (Å²) in [5, 5.41) is 3.95. The molecule has 0 aliphatic heterocycles. The van der Waals surface area contributed by atoms with E-state index in [0.717, 1.165) is 17.0 Å². The number of thiol groups is 1. The number of hydrogen-bond acceptors (Lipinski definition) is 5. The van der Waals surface area contributed by atoms with Crippen LogP contribution in [0.2, 0.25) is 0 Å². The lowest BCUT2D eigenvalue weighted by molar-refractivity contribution is -0.0776. The number of halogens is 2. The van der Waals surface area contributed by atoms with Gasteiger partial charge in [0, 0.05) is 36.9 Å². The molecule has 0 saturated heterocycles. The van der Waals surface area contributed by atoms with E-state index in [-0.39, 0.29) is 37.8 Å². The van der Waals surface area contributed by atoms with Crippen LogP contribution in [0.3, 0.4) is 0 Å². The Morgan fingerprint density at radius 1 is 1.29 bits per heavy atom. The predicted octanol–water partition coefficient (Wildman–Crippen LogP) is 3.59. The van der Waals surface area contributed by atoms with Crippen LogP contribution in [-0.2, 0) is 10.9 Å². The SMILES string of the molecule is Cc1cc(-c2ccc(OC[C@@H]3CC(F)(F)CC[C@H]3CCN[SH](=O)=O)cc2)no1. The minimum absolute atomic E-state index is 0.000506. The summed E-state index contributed by atoms with van der Waals surface area (Å²) in [6.45, 7) is 2.25. The Morgan fingerprint density at radius 2 is 2.04 bits per heavy atom. The molecule has 0 bridgehead atoms. The van der Waals surface area contributed by atoms with E-state index in [1.165, 1.54) is 0 Å². The number of alkyl halides is 2. The Labute approximate surface area is 164 Å². The first-order valence-electron chi connectivity index (χ1n) is 9.25. The van der Waals surface area contributed by atoms with Crippen LogP contribution in [0, 0.1) is 18.8 Å². The molecular formula is C19H24F2N2O4S. The third-order valence-corrected chi connectivity index (χ3v) is 5.59. The smallest absolute Gasteiger partial charge is 0.248 e. The highest BCUT2D eigenvalue weighted by molar-refractivity contribution is 7.70. The fourth-order valence-electron chi connectivity index (χ4n) is 3.63. The third-order valence-electron chi connectivity index (χ3n) is 5.11. The molecule has 3 rings (SSSR count). The molecule has 1 N–H and O–H groups in total. The van der Waals surface area contributed by atoms with Gasteiger partial charge in [-0.3, -0.25) is 0 Å². The summed E-state index contributed by atoms with van der Waals surface area (Å²) >= 11 is 0. The summed E-state index contributed by atoms with van der Waals surface area (Å²) in [7, 11) is -2.67. The molecular weight excluding hydrogens is 390 g/mol. The van der Waals surface area contributed by atoms with Crippen LogP contribution in [0.1, 0.15) is 31.4 Å². The van der Waals surface area contributed by atoms with E-state index in [0.29, 0.717) is 18.6 Å². The first kappa shape index (κ1) is 20.7. The highest BCUT2D eigenvalue weighted by atomic mass is 32.2. The van der Waals surface area contributed by atoms with E-state index in [1.54, 1.807) is 12.1 Å². The number of aromatic nitrogens is 1. The third kappa shape index (κ3) is 5.75.